The minimum Gasteiger partial charge on any atom is -0.476 e. The van der Waals surface area contributed by atoms with Crippen LogP contribution in [0.2, 0.25) is 0 Å². The molecule has 2 aliphatic rings. The lowest BCUT2D eigenvalue weighted by Gasteiger charge is -2.29. The molecular formula is C46H54F2N4O10S4. The van der Waals surface area contributed by atoms with Gasteiger partial charge in [-0.3, -0.25) is 0 Å². The molecule has 0 amide bonds. The molecule has 66 heavy (non-hydrogen) atoms. The van der Waals surface area contributed by atoms with E-state index in [4.69, 9.17) is 19.7 Å². The summed E-state index contributed by atoms with van der Waals surface area (Å²) in [5.41, 5.74) is 2.68. The van der Waals surface area contributed by atoms with Gasteiger partial charge in [-0.1, -0.05) is 75.9 Å². The van der Waals surface area contributed by atoms with Crippen molar-refractivity contribution in [2.24, 2.45) is 0 Å². The van der Waals surface area contributed by atoms with Crippen LogP contribution < -0.4 is 19.3 Å². The van der Waals surface area contributed by atoms with Gasteiger partial charge in [0.2, 0.25) is 31.7 Å². The van der Waals surface area contributed by atoms with E-state index in [0.717, 1.165) is 37.1 Å². The highest BCUT2D eigenvalue weighted by Gasteiger charge is 2.39. The molecule has 6 rings (SSSR count). The number of halogens is 2. The number of benzene rings is 4. The first-order valence-electron chi connectivity index (χ1n) is 21.0. The number of aliphatic carboxylic acids is 2. The average molecular weight is 989 g/mol. The number of carbonyl (C=O) groups is 2. The maximum absolute atomic E-state index is 13.6. The molecule has 2 heterocycles. The molecule has 0 radical (unpaired) electrons. The van der Waals surface area contributed by atoms with E-state index in [1.807, 2.05) is 70.5 Å². The number of sulfonamides is 2. The number of ether oxygens (including phenoxy) is 2. The molecule has 0 saturated heterocycles. The van der Waals surface area contributed by atoms with Crippen LogP contribution in [0.1, 0.15) is 52.4 Å². The molecular weight excluding hydrogens is 935 g/mol. The topological polar surface area (TPSA) is 174 Å². The second kappa shape index (κ2) is 23.1. The normalized spacial score (nSPS) is 18.5. The summed E-state index contributed by atoms with van der Waals surface area (Å²) in [4.78, 5) is 26.7. The van der Waals surface area contributed by atoms with E-state index in [2.05, 4.69) is 13.8 Å². The highest BCUT2D eigenvalue weighted by Crippen LogP contribution is 2.45. The minimum atomic E-state index is -3.91. The van der Waals surface area contributed by atoms with Gasteiger partial charge in [0.05, 0.1) is 21.2 Å². The van der Waals surface area contributed by atoms with Crippen LogP contribution in [0.3, 0.4) is 0 Å². The number of fused-ring (bicyclic) bond motifs is 2. The third-order valence-electron chi connectivity index (χ3n) is 11.1. The lowest BCUT2D eigenvalue weighted by molar-refractivity contribution is -0.135. The third kappa shape index (κ3) is 11.9. The van der Waals surface area contributed by atoms with Crippen molar-refractivity contribution in [2.75, 3.05) is 49.5 Å². The Kier molecular flexibility index (Phi) is 18.1. The SMILES string of the molecule is CCCC[C@@H]1CN(c2ccccc2)c2cc(SC)c(O/C=C(\F)C(=O)O)cc2S(=O)(=O)N1C.CCCC[C@H]1CN(c2ccccc2)c2cc(SC)c(O/C=C(\F)C(=O)O)cc2S(=O)(=O)N1C. The largest absolute Gasteiger partial charge is 0.476 e. The van der Waals surface area contributed by atoms with Crippen molar-refractivity contribution in [1.29, 1.82) is 0 Å². The minimum absolute atomic E-state index is 0.0183. The Labute approximate surface area is 394 Å². The van der Waals surface area contributed by atoms with Gasteiger partial charge in [0.25, 0.3) is 0 Å². The van der Waals surface area contributed by atoms with E-state index in [-0.39, 0.29) is 33.4 Å². The summed E-state index contributed by atoms with van der Waals surface area (Å²) in [6.45, 7) is 5.06. The molecule has 20 heteroatoms. The molecule has 4 aromatic rings. The molecule has 0 unspecified atom stereocenters. The summed E-state index contributed by atoms with van der Waals surface area (Å²) in [7, 11) is -4.68. The van der Waals surface area contributed by atoms with Crippen molar-refractivity contribution >= 4 is 78.3 Å². The van der Waals surface area contributed by atoms with Crippen LogP contribution in [0.4, 0.5) is 31.5 Å². The molecule has 0 bridgehead atoms. The van der Waals surface area contributed by atoms with Gasteiger partial charge in [0.1, 0.15) is 33.8 Å². The van der Waals surface area contributed by atoms with Crippen LogP contribution in [-0.2, 0) is 29.6 Å². The lowest BCUT2D eigenvalue weighted by atomic mass is 10.1. The molecule has 0 spiro atoms. The fourth-order valence-electron chi connectivity index (χ4n) is 7.41. The molecule has 2 aliphatic heterocycles. The van der Waals surface area contributed by atoms with Crippen molar-refractivity contribution in [3.63, 3.8) is 0 Å². The summed E-state index contributed by atoms with van der Waals surface area (Å²) in [6.07, 6.45) is 9.55. The number of hydrogen-bond donors (Lipinski definition) is 2. The number of likely N-dealkylation sites (N-methyl/N-ethyl adjacent to an activating group) is 2. The van der Waals surface area contributed by atoms with Gasteiger partial charge in [-0.15, -0.1) is 23.5 Å². The van der Waals surface area contributed by atoms with Gasteiger partial charge in [-0.2, -0.15) is 17.4 Å². The highest BCUT2D eigenvalue weighted by atomic mass is 32.2. The summed E-state index contributed by atoms with van der Waals surface area (Å²) < 4.78 is 94.9. The first kappa shape index (κ1) is 51.9. The van der Waals surface area contributed by atoms with Gasteiger partial charge in [0, 0.05) is 62.8 Å². The average Bonchev–Trinajstić information content (AvgIpc) is 3.45. The predicted octanol–water partition coefficient (Wildman–Crippen LogP) is 10.0. The van der Waals surface area contributed by atoms with Gasteiger partial charge >= 0.3 is 11.9 Å². The Morgan fingerprint density at radius 3 is 1.30 bits per heavy atom. The first-order valence-corrected chi connectivity index (χ1v) is 26.3. The zero-order valence-electron chi connectivity index (χ0n) is 37.4. The number of thioether (sulfide) groups is 2. The fourth-order valence-corrected chi connectivity index (χ4v) is 11.6. The van der Waals surface area contributed by atoms with Crippen molar-refractivity contribution < 1.29 is 54.9 Å². The molecule has 0 fully saturated rings. The standard InChI is InChI=1S/2C23H27FN2O5S2/c2*1-4-5-9-17-14-26(16-10-7-6-8-11-16)19-12-21(32-3)20(31-15-18(24)23(27)28)13-22(19)33(29,30)25(17)2/h2*6-8,10-13,15,17H,4-5,9,14H2,1-3H3,(H,27,28)/b2*18-15-/t2*17-/m10/s1. The van der Waals surface area contributed by atoms with Crippen molar-refractivity contribution in [1.82, 2.24) is 8.61 Å². The molecule has 4 aromatic carbocycles. The molecule has 0 aromatic heterocycles. The van der Waals surface area contributed by atoms with Gasteiger partial charge in [-0.05, 0) is 61.8 Å². The van der Waals surface area contributed by atoms with E-state index in [1.54, 1.807) is 38.7 Å². The second-order valence-electron chi connectivity index (χ2n) is 15.2. The van der Waals surface area contributed by atoms with Crippen LogP contribution in [0.15, 0.2) is 129 Å². The van der Waals surface area contributed by atoms with Crippen molar-refractivity contribution in [3.05, 3.63) is 109 Å². The van der Waals surface area contributed by atoms with Crippen LogP contribution in [0, 0.1) is 0 Å². The Bertz CT molecular complexity index is 2460. The Morgan fingerprint density at radius 2 is 1.00 bits per heavy atom. The number of carboxylic acids is 2. The molecule has 0 aliphatic carbocycles. The maximum Gasteiger partial charge on any atom is 0.368 e. The van der Waals surface area contributed by atoms with E-state index < -0.39 is 43.6 Å². The van der Waals surface area contributed by atoms with E-state index in [0.29, 0.717) is 59.6 Å². The van der Waals surface area contributed by atoms with Crippen LogP contribution in [0.5, 0.6) is 11.5 Å². The smallest absolute Gasteiger partial charge is 0.368 e. The summed E-state index contributed by atoms with van der Waals surface area (Å²) in [6, 6.07) is 24.6. The number of carboxylic acid groups (broad SMARTS) is 2. The lowest BCUT2D eigenvalue weighted by Crippen LogP contribution is -2.40. The maximum atomic E-state index is 13.6. The van der Waals surface area contributed by atoms with Crippen LogP contribution in [0.25, 0.3) is 0 Å². The number of hydrogen-bond acceptors (Lipinski definition) is 12. The molecule has 2 atom stereocenters. The number of rotatable bonds is 16. The zero-order chi connectivity index (χ0) is 48.3. The Balaban J connectivity index is 0.000000247. The number of unbranched alkanes of at least 4 members (excludes halogenated alkanes) is 2. The van der Waals surface area contributed by atoms with Gasteiger partial charge in [-0.25, -0.2) is 26.4 Å². The monoisotopic (exact) mass is 988 g/mol. The fraction of sp³-hybridized carbons (Fsp3) is 0.348. The van der Waals surface area contributed by atoms with Gasteiger partial charge in [0.15, 0.2) is 0 Å². The van der Waals surface area contributed by atoms with E-state index in [1.165, 1.54) is 44.3 Å². The first-order chi connectivity index (χ1) is 31.4. The van der Waals surface area contributed by atoms with E-state index >= 15 is 0 Å². The quantitative estimate of drug-likeness (QED) is 0.0617. The number of para-hydroxylation sites is 2. The zero-order valence-corrected chi connectivity index (χ0v) is 40.7. The summed E-state index contributed by atoms with van der Waals surface area (Å²) in [5, 5.41) is 17.5. The van der Waals surface area contributed by atoms with Crippen molar-refractivity contribution in [3.8, 4) is 11.5 Å². The summed E-state index contributed by atoms with van der Waals surface area (Å²) in [5.74, 6) is -6.37. The van der Waals surface area contributed by atoms with Crippen LogP contribution >= 0.6 is 23.5 Å². The van der Waals surface area contributed by atoms with Crippen LogP contribution in [-0.4, -0.2) is 99.4 Å². The number of anilines is 4. The van der Waals surface area contributed by atoms with Gasteiger partial charge < -0.3 is 29.5 Å². The Morgan fingerprint density at radius 1 is 0.652 bits per heavy atom. The second-order valence-corrected chi connectivity index (χ2v) is 20.9. The highest BCUT2D eigenvalue weighted by molar-refractivity contribution is 7.99. The van der Waals surface area contributed by atoms with Crippen molar-refractivity contribution in [2.45, 2.75) is 84.0 Å². The predicted molar refractivity (Wildman–Crippen MR) is 255 cm³/mol. The Hall–Kier alpha value is -5.12. The molecule has 2 N–H and O–H groups in total. The third-order valence-corrected chi connectivity index (χ3v) is 16.5. The number of nitrogens with zero attached hydrogens (tertiary/aromatic N) is 4. The molecule has 14 nitrogen and oxygen atoms in total. The van der Waals surface area contributed by atoms with E-state index in [9.17, 15) is 35.2 Å². The molecule has 356 valence electrons. The molecule has 0 saturated carbocycles. The summed E-state index contributed by atoms with van der Waals surface area (Å²) >= 11 is 2.58.